The summed E-state index contributed by atoms with van der Waals surface area (Å²) in [6, 6.07) is 17.9. The number of hydrogen-bond donors (Lipinski definition) is 3. The molecule has 4 N–H and O–H groups in total. The summed E-state index contributed by atoms with van der Waals surface area (Å²) in [7, 11) is 0. The summed E-state index contributed by atoms with van der Waals surface area (Å²) >= 11 is 0. The number of carbonyl (C=O) groups is 2. The number of carbonyl (C=O) groups excluding carboxylic acids is 2. The zero-order valence-corrected chi connectivity index (χ0v) is 15.5. The minimum Gasteiger partial charge on any atom is -0.366 e. The van der Waals surface area contributed by atoms with E-state index in [0.29, 0.717) is 16.9 Å². The summed E-state index contributed by atoms with van der Waals surface area (Å²) in [5.74, 6) is -1.14. The Morgan fingerprint density at radius 3 is 2.34 bits per heavy atom. The van der Waals surface area contributed by atoms with Crippen molar-refractivity contribution in [3.63, 3.8) is 0 Å². The molecular weight excluding hydrogens is 372 g/mol. The first-order chi connectivity index (χ1) is 13.9. The number of para-hydroxylation sites is 1. The van der Waals surface area contributed by atoms with Crippen molar-refractivity contribution < 1.29 is 14.5 Å². The molecular formula is C21H18N4O4. The van der Waals surface area contributed by atoms with Gasteiger partial charge in [-0.1, -0.05) is 24.3 Å². The van der Waals surface area contributed by atoms with Crippen molar-refractivity contribution in [1.29, 1.82) is 0 Å². The van der Waals surface area contributed by atoms with E-state index in [2.05, 4.69) is 10.6 Å². The van der Waals surface area contributed by atoms with Crippen LogP contribution in [0.15, 0.2) is 66.7 Å². The van der Waals surface area contributed by atoms with Crippen LogP contribution in [-0.4, -0.2) is 16.7 Å². The van der Waals surface area contributed by atoms with E-state index < -0.39 is 16.7 Å². The fourth-order valence-corrected chi connectivity index (χ4v) is 2.84. The predicted molar refractivity (Wildman–Crippen MR) is 110 cm³/mol. The van der Waals surface area contributed by atoms with Crippen molar-refractivity contribution >= 4 is 34.6 Å². The number of rotatable bonds is 6. The average Bonchev–Trinajstić information content (AvgIpc) is 2.70. The van der Waals surface area contributed by atoms with Gasteiger partial charge in [-0.2, -0.15) is 0 Å². The molecule has 0 aliphatic carbocycles. The van der Waals surface area contributed by atoms with Gasteiger partial charge in [0.1, 0.15) is 5.69 Å². The van der Waals surface area contributed by atoms with Crippen LogP contribution >= 0.6 is 0 Å². The summed E-state index contributed by atoms with van der Waals surface area (Å²) in [6.07, 6.45) is 0. The Balaban J connectivity index is 1.88. The summed E-state index contributed by atoms with van der Waals surface area (Å²) in [6.45, 7) is 1.66. The number of nitrogens with zero attached hydrogens (tertiary/aromatic N) is 1. The molecule has 29 heavy (non-hydrogen) atoms. The summed E-state index contributed by atoms with van der Waals surface area (Å²) < 4.78 is 0. The number of nitrogens with one attached hydrogen (secondary N) is 2. The Kier molecular flexibility index (Phi) is 5.54. The number of hydrogen-bond acceptors (Lipinski definition) is 5. The molecule has 0 fully saturated rings. The van der Waals surface area contributed by atoms with Crippen LogP contribution < -0.4 is 16.4 Å². The highest BCUT2D eigenvalue weighted by Gasteiger charge is 2.19. The maximum absolute atomic E-state index is 12.6. The van der Waals surface area contributed by atoms with Gasteiger partial charge in [-0.25, -0.2) is 0 Å². The van der Waals surface area contributed by atoms with Crippen LogP contribution in [0.5, 0.6) is 0 Å². The molecule has 3 aromatic rings. The fraction of sp³-hybridized carbons (Fsp3) is 0.0476. The molecule has 146 valence electrons. The Morgan fingerprint density at radius 1 is 0.966 bits per heavy atom. The molecule has 3 rings (SSSR count). The monoisotopic (exact) mass is 390 g/mol. The van der Waals surface area contributed by atoms with Gasteiger partial charge >= 0.3 is 0 Å². The predicted octanol–water partition coefficient (Wildman–Crippen LogP) is 4.00. The van der Waals surface area contributed by atoms with Gasteiger partial charge in [0.2, 0.25) is 5.91 Å². The Labute approximate surface area is 166 Å². The highest BCUT2D eigenvalue weighted by Crippen LogP contribution is 2.29. The minimum atomic E-state index is -0.606. The molecule has 2 amide bonds. The van der Waals surface area contributed by atoms with E-state index in [1.165, 1.54) is 18.2 Å². The number of amides is 2. The lowest BCUT2D eigenvalue weighted by atomic mass is 10.1. The van der Waals surface area contributed by atoms with E-state index >= 15 is 0 Å². The molecule has 0 saturated carbocycles. The SMILES string of the molecule is Cc1c(NC(=O)c2ccc(Nc3ccccc3)c([N+](=O)[O-])c2)cccc1C(N)=O. The smallest absolute Gasteiger partial charge is 0.293 e. The van der Waals surface area contributed by atoms with Gasteiger partial charge in [0.05, 0.1) is 4.92 Å². The molecule has 0 spiro atoms. The fourth-order valence-electron chi connectivity index (χ4n) is 2.84. The molecule has 3 aromatic carbocycles. The Morgan fingerprint density at radius 2 is 1.69 bits per heavy atom. The zero-order chi connectivity index (χ0) is 21.0. The highest BCUT2D eigenvalue weighted by molar-refractivity contribution is 6.06. The van der Waals surface area contributed by atoms with Gasteiger partial charge in [0.15, 0.2) is 0 Å². The third kappa shape index (κ3) is 4.38. The number of nitro benzene ring substituents is 1. The molecule has 8 heteroatoms. The van der Waals surface area contributed by atoms with Crippen molar-refractivity contribution in [1.82, 2.24) is 0 Å². The Hall–Kier alpha value is -4.20. The molecule has 0 aliphatic heterocycles. The van der Waals surface area contributed by atoms with Crippen LogP contribution in [0.2, 0.25) is 0 Å². The summed E-state index contributed by atoms with van der Waals surface area (Å²) in [4.78, 5) is 35.0. The summed E-state index contributed by atoms with van der Waals surface area (Å²) in [5.41, 5.74) is 7.37. The quantitative estimate of drug-likeness (QED) is 0.433. The van der Waals surface area contributed by atoms with Crippen molar-refractivity contribution in [3.8, 4) is 0 Å². The van der Waals surface area contributed by atoms with E-state index in [-0.39, 0.29) is 22.5 Å². The lowest BCUT2D eigenvalue weighted by Gasteiger charge is -2.12. The van der Waals surface area contributed by atoms with Crippen LogP contribution in [0.25, 0.3) is 0 Å². The van der Waals surface area contributed by atoms with Crippen molar-refractivity contribution in [3.05, 3.63) is 93.5 Å². The molecule has 0 aromatic heterocycles. The number of nitro groups is 1. The molecule has 0 aliphatic rings. The molecule has 0 atom stereocenters. The topological polar surface area (TPSA) is 127 Å². The summed E-state index contributed by atoms with van der Waals surface area (Å²) in [5, 5.41) is 17.1. The number of anilines is 3. The molecule has 0 heterocycles. The van der Waals surface area contributed by atoms with E-state index in [9.17, 15) is 19.7 Å². The van der Waals surface area contributed by atoms with Crippen molar-refractivity contribution in [2.75, 3.05) is 10.6 Å². The first-order valence-corrected chi connectivity index (χ1v) is 8.68. The average molecular weight is 390 g/mol. The van der Waals surface area contributed by atoms with E-state index in [0.717, 1.165) is 0 Å². The van der Waals surface area contributed by atoms with Crippen LogP contribution in [-0.2, 0) is 0 Å². The first-order valence-electron chi connectivity index (χ1n) is 8.68. The lowest BCUT2D eigenvalue weighted by Crippen LogP contribution is -2.17. The molecule has 0 unspecified atom stereocenters. The van der Waals surface area contributed by atoms with Crippen LogP contribution in [0, 0.1) is 17.0 Å². The largest absolute Gasteiger partial charge is 0.366 e. The standard InChI is InChI=1S/C21H18N4O4/c1-13-16(20(22)26)8-5-9-17(13)24-21(27)14-10-11-18(19(12-14)25(28)29)23-15-6-3-2-4-7-15/h2-12,23H,1H3,(H2,22,26)(H,24,27). The zero-order valence-electron chi connectivity index (χ0n) is 15.5. The molecule has 0 saturated heterocycles. The van der Waals surface area contributed by atoms with E-state index in [1.807, 2.05) is 6.07 Å². The maximum atomic E-state index is 12.6. The molecule has 8 nitrogen and oxygen atoms in total. The minimum absolute atomic E-state index is 0.110. The maximum Gasteiger partial charge on any atom is 0.293 e. The van der Waals surface area contributed by atoms with Gasteiger partial charge < -0.3 is 16.4 Å². The van der Waals surface area contributed by atoms with Gasteiger partial charge in [0.25, 0.3) is 11.6 Å². The second-order valence-corrected chi connectivity index (χ2v) is 6.28. The van der Waals surface area contributed by atoms with E-state index in [4.69, 9.17) is 5.73 Å². The third-order valence-corrected chi connectivity index (χ3v) is 4.36. The van der Waals surface area contributed by atoms with Crippen molar-refractivity contribution in [2.45, 2.75) is 6.92 Å². The van der Waals surface area contributed by atoms with Crippen LogP contribution in [0.1, 0.15) is 26.3 Å². The third-order valence-electron chi connectivity index (χ3n) is 4.36. The van der Waals surface area contributed by atoms with Crippen LogP contribution in [0.3, 0.4) is 0 Å². The molecule has 0 radical (unpaired) electrons. The van der Waals surface area contributed by atoms with Gasteiger partial charge in [-0.05, 0) is 48.9 Å². The molecule has 0 bridgehead atoms. The normalized spacial score (nSPS) is 10.2. The van der Waals surface area contributed by atoms with Crippen LogP contribution in [0.4, 0.5) is 22.7 Å². The first kappa shape index (κ1) is 19.6. The second kappa shape index (κ2) is 8.22. The number of nitrogens with two attached hydrogens (primary N) is 1. The number of primary amides is 1. The van der Waals surface area contributed by atoms with Gasteiger partial charge in [0, 0.05) is 28.6 Å². The van der Waals surface area contributed by atoms with Gasteiger partial charge in [-0.15, -0.1) is 0 Å². The van der Waals surface area contributed by atoms with Crippen molar-refractivity contribution in [2.24, 2.45) is 5.73 Å². The van der Waals surface area contributed by atoms with E-state index in [1.54, 1.807) is 49.4 Å². The Bertz CT molecular complexity index is 1100. The van der Waals surface area contributed by atoms with Gasteiger partial charge in [-0.3, -0.25) is 19.7 Å². The number of benzene rings is 3. The highest BCUT2D eigenvalue weighted by atomic mass is 16.6. The second-order valence-electron chi connectivity index (χ2n) is 6.28. The lowest BCUT2D eigenvalue weighted by molar-refractivity contribution is -0.383.